The minimum Gasteiger partial charge on any atom is -0.451 e. The summed E-state index contributed by atoms with van der Waals surface area (Å²) in [5.41, 5.74) is -0.0357. The Morgan fingerprint density at radius 3 is 2.17 bits per heavy atom. The Bertz CT molecular complexity index is 838. The number of amides is 5. The summed E-state index contributed by atoms with van der Waals surface area (Å²) in [6.45, 7) is 5.50. The highest BCUT2D eigenvalue weighted by Gasteiger charge is 2.47. The van der Waals surface area contributed by atoms with Crippen molar-refractivity contribution in [2.45, 2.75) is 45.8 Å². The molecule has 0 radical (unpaired) electrons. The fraction of sp³-hybridized carbons (Fsp3) is 0.421. The third-order valence-electron chi connectivity index (χ3n) is 4.49. The third-order valence-corrected chi connectivity index (χ3v) is 4.49. The van der Waals surface area contributed by atoms with Crippen molar-refractivity contribution in [1.82, 2.24) is 10.2 Å². The van der Waals surface area contributed by atoms with E-state index in [9.17, 15) is 24.0 Å². The first-order valence-corrected chi connectivity index (χ1v) is 9.08. The molecule has 0 aromatic heterocycles. The van der Waals surface area contributed by atoms with Gasteiger partial charge in [0.15, 0.2) is 6.10 Å². The van der Waals surface area contributed by atoms with Gasteiger partial charge in [-0.2, -0.15) is 0 Å². The van der Waals surface area contributed by atoms with Gasteiger partial charge in [-0.1, -0.05) is 6.92 Å². The highest BCUT2D eigenvalue weighted by molar-refractivity contribution is 6.08. The minimum atomic E-state index is -1.14. The van der Waals surface area contributed by atoms with Gasteiger partial charge in [-0.3, -0.25) is 24.1 Å². The van der Waals surface area contributed by atoms with E-state index < -0.39 is 42.0 Å². The van der Waals surface area contributed by atoms with Gasteiger partial charge >= 0.3 is 12.0 Å². The normalized spacial score (nSPS) is 19.4. The largest absolute Gasteiger partial charge is 0.451 e. The van der Waals surface area contributed by atoms with E-state index >= 15 is 0 Å². The zero-order valence-corrected chi connectivity index (χ0v) is 16.7. The molecule has 29 heavy (non-hydrogen) atoms. The first-order valence-electron chi connectivity index (χ1n) is 9.08. The summed E-state index contributed by atoms with van der Waals surface area (Å²) in [6, 6.07) is 5.70. The number of nitrogens with one attached hydrogen (secondary N) is 3. The van der Waals surface area contributed by atoms with Crippen LogP contribution >= 0.6 is 0 Å². The van der Waals surface area contributed by atoms with Crippen LogP contribution in [-0.2, 0) is 23.9 Å². The molecule has 1 fully saturated rings. The van der Waals surface area contributed by atoms with Gasteiger partial charge in [-0.15, -0.1) is 0 Å². The molecule has 10 nitrogen and oxygen atoms in total. The summed E-state index contributed by atoms with van der Waals surface area (Å²) >= 11 is 0. The van der Waals surface area contributed by atoms with Gasteiger partial charge in [0.25, 0.3) is 11.8 Å². The number of benzene rings is 1. The summed E-state index contributed by atoms with van der Waals surface area (Å²) < 4.78 is 5.04. The Labute approximate surface area is 168 Å². The number of hydrogen-bond acceptors (Lipinski definition) is 6. The molecule has 1 aromatic carbocycles. The summed E-state index contributed by atoms with van der Waals surface area (Å²) in [6.07, 6.45) is -0.765. The Hall–Kier alpha value is -3.43. The Morgan fingerprint density at radius 2 is 1.69 bits per heavy atom. The van der Waals surface area contributed by atoms with Crippen molar-refractivity contribution in [3.8, 4) is 0 Å². The van der Waals surface area contributed by atoms with Crippen LogP contribution in [-0.4, -0.2) is 52.8 Å². The Morgan fingerprint density at radius 1 is 1.14 bits per heavy atom. The first-order chi connectivity index (χ1) is 13.6. The van der Waals surface area contributed by atoms with Crippen LogP contribution in [0.15, 0.2) is 24.3 Å². The molecule has 1 heterocycles. The molecule has 3 N–H and O–H groups in total. The molecule has 0 aliphatic carbocycles. The standard InChI is InChI=1S/C19H24N4O6/c1-5-19(4)17(27)23(18(28)22-19)10-15(25)29-11(2)16(26)21-14-8-6-13(7-9-14)20-12(3)24/h6-9,11H,5,10H2,1-4H3,(H,20,24)(H,21,26)(H,22,28)/t11-,19-/m0/s1. The SMILES string of the molecule is CC[C@]1(C)NC(=O)N(CC(=O)O[C@@H](C)C(=O)Nc2ccc(NC(C)=O)cc2)C1=O. The second kappa shape index (κ2) is 8.72. The average Bonchev–Trinajstić information content (AvgIpc) is 2.86. The van der Waals surface area contributed by atoms with Gasteiger partial charge in [-0.05, 0) is 44.5 Å². The van der Waals surface area contributed by atoms with Crippen LogP contribution in [0.4, 0.5) is 16.2 Å². The van der Waals surface area contributed by atoms with E-state index in [1.807, 2.05) is 0 Å². The summed E-state index contributed by atoms with van der Waals surface area (Å²) in [5, 5.41) is 7.71. The number of nitrogens with zero attached hydrogens (tertiary/aromatic N) is 1. The van der Waals surface area contributed by atoms with E-state index in [1.165, 1.54) is 13.8 Å². The number of urea groups is 1. The first kappa shape index (κ1) is 21.9. The molecule has 0 saturated carbocycles. The van der Waals surface area contributed by atoms with Crippen molar-refractivity contribution in [3.05, 3.63) is 24.3 Å². The maximum atomic E-state index is 12.3. The van der Waals surface area contributed by atoms with Gasteiger partial charge < -0.3 is 20.7 Å². The number of hydrogen-bond donors (Lipinski definition) is 3. The van der Waals surface area contributed by atoms with E-state index in [-0.39, 0.29) is 5.91 Å². The van der Waals surface area contributed by atoms with E-state index in [4.69, 9.17) is 4.74 Å². The van der Waals surface area contributed by atoms with Crippen molar-refractivity contribution >= 4 is 41.1 Å². The molecule has 1 saturated heterocycles. The van der Waals surface area contributed by atoms with Gasteiger partial charge in [0.05, 0.1) is 0 Å². The van der Waals surface area contributed by atoms with Crippen LogP contribution in [0.25, 0.3) is 0 Å². The Balaban J connectivity index is 1.89. The number of carbonyl (C=O) groups is 5. The van der Waals surface area contributed by atoms with Crippen molar-refractivity contribution in [1.29, 1.82) is 0 Å². The number of rotatable bonds is 7. The maximum absolute atomic E-state index is 12.3. The van der Waals surface area contributed by atoms with Crippen LogP contribution in [0.5, 0.6) is 0 Å². The fourth-order valence-corrected chi connectivity index (χ4v) is 2.63. The molecule has 1 aromatic rings. The molecule has 2 atom stereocenters. The maximum Gasteiger partial charge on any atom is 0.327 e. The molecule has 5 amide bonds. The molecule has 2 rings (SSSR count). The molecule has 10 heteroatoms. The van der Waals surface area contributed by atoms with E-state index in [1.54, 1.807) is 38.1 Å². The zero-order chi connectivity index (χ0) is 21.8. The van der Waals surface area contributed by atoms with E-state index in [0.29, 0.717) is 17.8 Å². The fourth-order valence-electron chi connectivity index (χ4n) is 2.63. The lowest BCUT2D eigenvalue weighted by molar-refractivity contribution is -0.155. The number of ether oxygens (including phenoxy) is 1. The average molecular weight is 404 g/mol. The molecule has 0 bridgehead atoms. The predicted octanol–water partition coefficient (Wildman–Crippen LogP) is 1.24. The molecule has 0 unspecified atom stereocenters. The van der Waals surface area contributed by atoms with Crippen LogP contribution in [0.1, 0.15) is 34.1 Å². The number of imide groups is 1. The summed E-state index contributed by atoms with van der Waals surface area (Å²) in [7, 11) is 0. The highest BCUT2D eigenvalue weighted by Crippen LogP contribution is 2.20. The van der Waals surface area contributed by atoms with Crippen LogP contribution in [0.3, 0.4) is 0 Å². The second-order valence-corrected chi connectivity index (χ2v) is 6.89. The van der Waals surface area contributed by atoms with Crippen molar-refractivity contribution in [2.24, 2.45) is 0 Å². The molecule has 1 aliphatic rings. The van der Waals surface area contributed by atoms with Gasteiger partial charge in [0, 0.05) is 18.3 Å². The molecule has 156 valence electrons. The topological polar surface area (TPSA) is 134 Å². The number of anilines is 2. The van der Waals surface area contributed by atoms with Crippen LogP contribution in [0, 0.1) is 0 Å². The molecular formula is C19H24N4O6. The lowest BCUT2D eigenvalue weighted by atomic mass is 9.99. The molecule has 1 aliphatic heterocycles. The summed E-state index contributed by atoms with van der Waals surface area (Å²) in [4.78, 5) is 60.3. The summed E-state index contributed by atoms with van der Waals surface area (Å²) in [5.74, 6) is -2.19. The van der Waals surface area contributed by atoms with Gasteiger partial charge in [0.1, 0.15) is 12.1 Å². The minimum absolute atomic E-state index is 0.216. The lowest BCUT2D eigenvalue weighted by Gasteiger charge is -2.19. The number of carbonyl (C=O) groups excluding carboxylic acids is 5. The van der Waals surface area contributed by atoms with Crippen LogP contribution < -0.4 is 16.0 Å². The van der Waals surface area contributed by atoms with Crippen molar-refractivity contribution in [3.63, 3.8) is 0 Å². The second-order valence-electron chi connectivity index (χ2n) is 6.89. The molecular weight excluding hydrogens is 380 g/mol. The van der Waals surface area contributed by atoms with E-state index in [2.05, 4.69) is 16.0 Å². The van der Waals surface area contributed by atoms with Gasteiger partial charge in [-0.25, -0.2) is 4.79 Å². The zero-order valence-electron chi connectivity index (χ0n) is 16.7. The predicted molar refractivity (Wildman–Crippen MR) is 104 cm³/mol. The quantitative estimate of drug-likeness (QED) is 0.462. The monoisotopic (exact) mass is 404 g/mol. The van der Waals surface area contributed by atoms with Crippen molar-refractivity contribution < 1.29 is 28.7 Å². The lowest BCUT2D eigenvalue weighted by Crippen LogP contribution is -2.44. The van der Waals surface area contributed by atoms with Crippen molar-refractivity contribution in [2.75, 3.05) is 17.2 Å². The number of esters is 1. The molecule has 0 spiro atoms. The Kier molecular flexibility index (Phi) is 6.57. The highest BCUT2D eigenvalue weighted by atomic mass is 16.5. The van der Waals surface area contributed by atoms with Crippen LogP contribution in [0.2, 0.25) is 0 Å². The third kappa shape index (κ3) is 5.31. The van der Waals surface area contributed by atoms with E-state index in [0.717, 1.165) is 4.90 Å². The smallest absolute Gasteiger partial charge is 0.327 e. The van der Waals surface area contributed by atoms with Gasteiger partial charge in [0.2, 0.25) is 5.91 Å².